The van der Waals surface area contributed by atoms with Crippen molar-refractivity contribution in [3.63, 3.8) is 0 Å². The van der Waals surface area contributed by atoms with E-state index in [1.165, 1.54) is 0 Å². The summed E-state index contributed by atoms with van der Waals surface area (Å²) in [4.78, 5) is 4.36. The van der Waals surface area contributed by atoms with Crippen LogP contribution in [0.25, 0.3) is 10.8 Å². The first-order valence-corrected chi connectivity index (χ1v) is 5.69. The van der Waals surface area contributed by atoms with Gasteiger partial charge in [-0.05, 0) is 41.8 Å². The molecule has 4 heteroatoms. The van der Waals surface area contributed by atoms with E-state index in [1.807, 2.05) is 53.5 Å². The number of hydrogen-bond acceptors (Lipinski definition) is 3. The van der Waals surface area contributed by atoms with Crippen LogP contribution in [-0.4, -0.2) is 16.8 Å². The Bertz CT molecular complexity index is 662. The molecule has 0 fully saturated rings. The molecule has 0 amide bonds. The van der Waals surface area contributed by atoms with Gasteiger partial charge in [0.15, 0.2) is 5.82 Å². The summed E-state index contributed by atoms with van der Waals surface area (Å²) in [5.41, 5.74) is 3.23. The van der Waals surface area contributed by atoms with Crippen molar-refractivity contribution in [2.75, 3.05) is 12.5 Å². The highest BCUT2D eigenvalue weighted by molar-refractivity contribution is 5.92. The van der Waals surface area contributed by atoms with Gasteiger partial charge in [0.25, 0.3) is 0 Å². The van der Waals surface area contributed by atoms with E-state index in [0.29, 0.717) is 0 Å². The summed E-state index contributed by atoms with van der Waals surface area (Å²) < 4.78 is 7.09. The first kappa shape index (κ1) is 10.7. The van der Waals surface area contributed by atoms with Crippen molar-refractivity contribution in [3.8, 4) is 5.75 Å². The Morgan fingerprint density at radius 3 is 2.78 bits per heavy atom. The third kappa shape index (κ3) is 1.88. The summed E-state index contributed by atoms with van der Waals surface area (Å²) in [6.07, 6.45) is 5.65. The van der Waals surface area contributed by atoms with E-state index in [4.69, 9.17) is 4.74 Å². The highest BCUT2D eigenvalue weighted by Gasteiger charge is 2.03. The number of nitrogens with one attached hydrogen (secondary N) is 1. The van der Waals surface area contributed by atoms with Crippen molar-refractivity contribution in [2.45, 2.75) is 0 Å². The second-order valence-electron chi connectivity index (χ2n) is 3.95. The third-order valence-corrected chi connectivity index (χ3v) is 2.81. The summed E-state index contributed by atoms with van der Waals surface area (Å²) in [5.74, 6) is 1.67. The number of hydrogen-bond donors (Lipinski definition) is 1. The van der Waals surface area contributed by atoms with Gasteiger partial charge in [0.1, 0.15) is 5.75 Å². The van der Waals surface area contributed by atoms with Gasteiger partial charge in [0.2, 0.25) is 0 Å². The first-order valence-electron chi connectivity index (χ1n) is 5.69. The molecule has 0 aliphatic rings. The van der Waals surface area contributed by atoms with Crippen LogP contribution in [0.5, 0.6) is 5.75 Å². The van der Waals surface area contributed by atoms with Gasteiger partial charge in [0, 0.05) is 24.0 Å². The van der Waals surface area contributed by atoms with Crippen molar-refractivity contribution in [2.24, 2.45) is 0 Å². The number of pyridine rings is 1. The van der Waals surface area contributed by atoms with Crippen LogP contribution in [0.3, 0.4) is 0 Å². The molecular weight excluding hydrogens is 226 g/mol. The van der Waals surface area contributed by atoms with Gasteiger partial charge in [-0.2, -0.15) is 0 Å². The van der Waals surface area contributed by atoms with Crippen LogP contribution in [-0.2, 0) is 0 Å². The van der Waals surface area contributed by atoms with Crippen molar-refractivity contribution >= 4 is 16.6 Å². The topological polar surface area (TPSA) is 39.1 Å². The molecule has 4 nitrogen and oxygen atoms in total. The quantitative estimate of drug-likeness (QED) is 0.763. The van der Waals surface area contributed by atoms with Crippen molar-refractivity contribution in [1.82, 2.24) is 9.66 Å². The molecule has 0 saturated heterocycles. The van der Waals surface area contributed by atoms with Crippen LogP contribution in [0, 0.1) is 0 Å². The van der Waals surface area contributed by atoms with Gasteiger partial charge in [-0.25, -0.2) is 4.98 Å². The van der Waals surface area contributed by atoms with E-state index in [0.717, 1.165) is 22.3 Å². The lowest BCUT2D eigenvalue weighted by atomic mass is 10.1. The van der Waals surface area contributed by atoms with Crippen LogP contribution >= 0.6 is 0 Å². The lowest BCUT2D eigenvalue weighted by Crippen LogP contribution is -2.07. The maximum absolute atomic E-state index is 5.22. The predicted octanol–water partition coefficient (Wildman–Crippen LogP) is 2.92. The zero-order chi connectivity index (χ0) is 12.4. The maximum atomic E-state index is 5.22. The molecule has 2 aromatic heterocycles. The van der Waals surface area contributed by atoms with Gasteiger partial charge >= 0.3 is 0 Å². The fourth-order valence-electron chi connectivity index (χ4n) is 1.90. The van der Waals surface area contributed by atoms with E-state index >= 15 is 0 Å². The molecule has 0 spiro atoms. The van der Waals surface area contributed by atoms with Gasteiger partial charge in [-0.1, -0.05) is 0 Å². The van der Waals surface area contributed by atoms with Crippen molar-refractivity contribution in [1.29, 1.82) is 0 Å². The largest absolute Gasteiger partial charge is 0.497 e. The van der Waals surface area contributed by atoms with E-state index in [1.54, 1.807) is 13.3 Å². The van der Waals surface area contributed by atoms with E-state index in [-0.39, 0.29) is 0 Å². The Balaban J connectivity index is 2.06. The molecule has 0 atom stereocenters. The number of methoxy groups -OCH3 is 1. The Kier molecular flexibility index (Phi) is 2.61. The predicted molar refractivity (Wildman–Crippen MR) is 71.7 cm³/mol. The molecule has 0 aliphatic carbocycles. The number of nitrogens with zero attached hydrogens (tertiary/aromatic N) is 2. The van der Waals surface area contributed by atoms with Gasteiger partial charge in [-0.15, -0.1) is 0 Å². The smallest absolute Gasteiger partial charge is 0.152 e. The number of fused-ring (bicyclic) bond motifs is 1. The molecule has 1 N–H and O–H groups in total. The monoisotopic (exact) mass is 239 g/mol. The van der Waals surface area contributed by atoms with Gasteiger partial charge in [0.05, 0.1) is 7.11 Å². The minimum absolute atomic E-state index is 0.825. The summed E-state index contributed by atoms with van der Waals surface area (Å²) >= 11 is 0. The van der Waals surface area contributed by atoms with Gasteiger partial charge in [-0.3, -0.25) is 10.1 Å². The molecule has 0 saturated carbocycles. The van der Waals surface area contributed by atoms with Crippen LogP contribution in [0.4, 0.5) is 5.82 Å². The SMILES string of the molecule is COc1ccc2c(Nn3cccc3)nccc2c1. The summed E-state index contributed by atoms with van der Waals surface area (Å²) in [7, 11) is 1.67. The zero-order valence-corrected chi connectivity index (χ0v) is 10.00. The zero-order valence-electron chi connectivity index (χ0n) is 10.00. The maximum Gasteiger partial charge on any atom is 0.152 e. The van der Waals surface area contributed by atoms with Crippen LogP contribution < -0.4 is 10.2 Å². The molecule has 1 aromatic carbocycles. The standard InChI is InChI=1S/C14H13N3O/c1-18-12-4-5-13-11(10-12)6-7-15-14(13)16-17-8-2-3-9-17/h2-10H,1H3,(H,15,16). The van der Waals surface area contributed by atoms with Crippen LogP contribution in [0.15, 0.2) is 55.0 Å². The lowest BCUT2D eigenvalue weighted by molar-refractivity contribution is 0.415. The molecule has 0 unspecified atom stereocenters. The second-order valence-corrected chi connectivity index (χ2v) is 3.95. The van der Waals surface area contributed by atoms with Crippen LogP contribution in [0.1, 0.15) is 0 Å². The Labute approximate surface area is 105 Å². The summed E-state index contributed by atoms with van der Waals surface area (Å²) in [6.45, 7) is 0. The molecule has 0 aliphatic heterocycles. The highest BCUT2D eigenvalue weighted by Crippen LogP contribution is 2.25. The highest BCUT2D eigenvalue weighted by atomic mass is 16.5. The number of rotatable bonds is 3. The lowest BCUT2D eigenvalue weighted by Gasteiger charge is -2.10. The molecule has 2 heterocycles. The normalized spacial score (nSPS) is 10.5. The van der Waals surface area contributed by atoms with E-state index in [9.17, 15) is 0 Å². The minimum atomic E-state index is 0.825. The van der Waals surface area contributed by atoms with Crippen molar-refractivity contribution < 1.29 is 4.74 Å². The molecule has 0 radical (unpaired) electrons. The fourth-order valence-corrected chi connectivity index (χ4v) is 1.90. The minimum Gasteiger partial charge on any atom is -0.497 e. The second kappa shape index (κ2) is 4.41. The fraction of sp³-hybridized carbons (Fsp3) is 0.0714. The molecular formula is C14H13N3O. The number of aromatic nitrogens is 2. The molecule has 18 heavy (non-hydrogen) atoms. The van der Waals surface area contributed by atoms with E-state index < -0.39 is 0 Å². The van der Waals surface area contributed by atoms with E-state index in [2.05, 4.69) is 10.4 Å². The van der Waals surface area contributed by atoms with Crippen LogP contribution in [0.2, 0.25) is 0 Å². The third-order valence-electron chi connectivity index (χ3n) is 2.81. The number of ether oxygens (including phenoxy) is 1. The first-order chi connectivity index (χ1) is 8.86. The Hall–Kier alpha value is -2.49. The Morgan fingerprint density at radius 1 is 1.17 bits per heavy atom. The average molecular weight is 239 g/mol. The summed E-state index contributed by atoms with van der Waals surface area (Å²) in [5, 5.41) is 2.16. The summed E-state index contributed by atoms with van der Waals surface area (Å²) in [6, 6.07) is 11.8. The molecule has 0 bridgehead atoms. The number of benzene rings is 1. The molecule has 90 valence electrons. The Morgan fingerprint density at radius 2 is 2.00 bits per heavy atom. The van der Waals surface area contributed by atoms with Gasteiger partial charge < -0.3 is 4.74 Å². The molecule has 3 rings (SSSR count). The average Bonchev–Trinajstić information content (AvgIpc) is 2.91. The molecule has 3 aromatic rings. The van der Waals surface area contributed by atoms with Crippen molar-refractivity contribution in [3.05, 3.63) is 55.0 Å². The number of anilines is 1.